The smallest absolute Gasteiger partial charge is 0.416 e. The number of ether oxygens (including phenoxy) is 1. The number of halogens is 4. The minimum atomic E-state index is -4.33. The van der Waals surface area contributed by atoms with E-state index in [0.29, 0.717) is 12.3 Å². The van der Waals surface area contributed by atoms with Crippen molar-refractivity contribution in [3.63, 3.8) is 0 Å². The summed E-state index contributed by atoms with van der Waals surface area (Å²) < 4.78 is 44.9. The first-order valence-electron chi connectivity index (χ1n) is 7.46. The number of nitrogens with zero attached hydrogens (tertiary/aromatic N) is 1. The molecule has 1 aliphatic rings. The highest BCUT2D eigenvalue weighted by atomic mass is 127. The number of hydrogen-bond donors (Lipinski definition) is 0. The fourth-order valence-electron chi connectivity index (χ4n) is 2.93. The highest BCUT2D eigenvalue weighted by Crippen LogP contribution is 2.34. The molecule has 0 aromatic heterocycles. The van der Waals surface area contributed by atoms with Gasteiger partial charge in [-0.05, 0) is 62.0 Å². The van der Waals surface area contributed by atoms with Crippen LogP contribution >= 0.6 is 22.6 Å². The lowest BCUT2D eigenvalue weighted by Gasteiger charge is -2.31. The van der Waals surface area contributed by atoms with Crippen LogP contribution in [0.25, 0.3) is 0 Å². The lowest BCUT2D eigenvalue weighted by atomic mass is 9.89. The van der Waals surface area contributed by atoms with Crippen LogP contribution in [0.15, 0.2) is 18.2 Å². The molecule has 0 N–H and O–H groups in total. The van der Waals surface area contributed by atoms with E-state index in [1.807, 2.05) is 0 Å². The number of rotatable bonds is 5. The Bertz CT molecular complexity index is 485. The van der Waals surface area contributed by atoms with Crippen LogP contribution in [0, 0.1) is 5.92 Å². The van der Waals surface area contributed by atoms with Crippen molar-refractivity contribution < 1.29 is 17.9 Å². The van der Waals surface area contributed by atoms with E-state index in [9.17, 15) is 13.2 Å². The van der Waals surface area contributed by atoms with E-state index in [4.69, 9.17) is 4.74 Å². The average molecular weight is 427 g/mol. The molecule has 6 heteroatoms. The van der Waals surface area contributed by atoms with Gasteiger partial charge in [-0.1, -0.05) is 22.6 Å². The van der Waals surface area contributed by atoms with E-state index in [2.05, 4.69) is 27.5 Å². The largest absolute Gasteiger partial charge is 0.497 e. The summed E-state index contributed by atoms with van der Waals surface area (Å²) in [6, 6.07) is 4.05. The van der Waals surface area contributed by atoms with E-state index in [0.717, 1.165) is 48.5 Å². The standard InChI is InChI=1S/C16H21F3INO/c1-22-15-10-13(9-14(11-15)16(17,18)19)8-12-2-5-21(6-3-12)7-4-20/h9-12H,2-8H2,1H3. The topological polar surface area (TPSA) is 12.5 Å². The molecule has 0 aliphatic carbocycles. The van der Waals surface area contributed by atoms with Crippen molar-refractivity contribution in [3.05, 3.63) is 29.3 Å². The van der Waals surface area contributed by atoms with Gasteiger partial charge in [0.1, 0.15) is 5.75 Å². The SMILES string of the molecule is COc1cc(CC2CCN(CCI)CC2)cc(C(F)(F)F)c1. The van der Waals surface area contributed by atoms with Crippen LogP contribution in [0.1, 0.15) is 24.0 Å². The maximum atomic E-state index is 12.9. The summed E-state index contributed by atoms with van der Waals surface area (Å²) in [4.78, 5) is 2.43. The molecule has 0 radical (unpaired) electrons. The molecule has 2 nitrogen and oxygen atoms in total. The van der Waals surface area contributed by atoms with Crippen LogP contribution < -0.4 is 4.74 Å². The number of methoxy groups -OCH3 is 1. The normalized spacial score (nSPS) is 17.7. The number of benzene rings is 1. The van der Waals surface area contributed by atoms with Gasteiger partial charge in [0.25, 0.3) is 0 Å². The number of piperidine rings is 1. The minimum absolute atomic E-state index is 0.284. The lowest BCUT2D eigenvalue weighted by Crippen LogP contribution is -2.35. The van der Waals surface area contributed by atoms with Crippen LogP contribution in [-0.2, 0) is 12.6 Å². The Balaban J connectivity index is 2.04. The Morgan fingerprint density at radius 3 is 2.45 bits per heavy atom. The van der Waals surface area contributed by atoms with Crippen molar-refractivity contribution in [2.75, 3.05) is 31.2 Å². The number of likely N-dealkylation sites (tertiary alicyclic amines) is 1. The van der Waals surface area contributed by atoms with Crippen molar-refractivity contribution in [1.82, 2.24) is 4.90 Å². The molecular weight excluding hydrogens is 406 g/mol. The summed E-state index contributed by atoms with van der Waals surface area (Å²) >= 11 is 2.37. The van der Waals surface area contributed by atoms with Crippen LogP contribution in [0.2, 0.25) is 0 Å². The average Bonchev–Trinajstić information content (AvgIpc) is 2.48. The second kappa shape index (κ2) is 7.86. The van der Waals surface area contributed by atoms with Crippen LogP contribution in [0.3, 0.4) is 0 Å². The van der Waals surface area contributed by atoms with Gasteiger partial charge >= 0.3 is 6.18 Å². The zero-order valence-electron chi connectivity index (χ0n) is 12.6. The highest BCUT2D eigenvalue weighted by Gasteiger charge is 2.31. The molecule has 124 valence electrons. The second-order valence-corrected chi connectivity index (χ2v) is 6.82. The van der Waals surface area contributed by atoms with Gasteiger partial charge in [0, 0.05) is 11.0 Å². The van der Waals surface area contributed by atoms with E-state index >= 15 is 0 Å². The number of alkyl halides is 4. The third-order valence-electron chi connectivity index (χ3n) is 4.16. The van der Waals surface area contributed by atoms with E-state index < -0.39 is 11.7 Å². The molecule has 0 amide bonds. The van der Waals surface area contributed by atoms with Gasteiger partial charge in [-0.3, -0.25) is 0 Å². The Labute approximate surface area is 143 Å². The molecule has 0 unspecified atom stereocenters. The molecule has 0 saturated carbocycles. The van der Waals surface area contributed by atoms with Gasteiger partial charge < -0.3 is 9.64 Å². The Morgan fingerprint density at radius 1 is 1.23 bits per heavy atom. The van der Waals surface area contributed by atoms with E-state index in [-0.39, 0.29) is 5.75 Å². The molecule has 1 aromatic carbocycles. The molecule has 1 aliphatic heterocycles. The van der Waals surface area contributed by atoms with Crippen molar-refractivity contribution in [2.45, 2.75) is 25.4 Å². The fraction of sp³-hybridized carbons (Fsp3) is 0.625. The van der Waals surface area contributed by atoms with Gasteiger partial charge in [0.15, 0.2) is 0 Å². The van der Waals surface area contributed by atoms with Crippen LogP contribution in [-0.4, -0.2) is 36.1 Å². The first-order valence-corrected chi connectivity index (χ1v) is 8.98. The summed E-state index contributed by atoms with van der Waals surface area (Å²) in [7, 11) is 1.40. The summed E-state index contributed by atoms with van der Waals surface area (Å²) in [5.41, 5.74) is 0.100. The predicted octanol–water partition coefficient (Wildman–Crippen LogP) is 4.40. The van der Waals surface area contributed by atoms with Crippen molar-refractivity contribution in [2.24, 2.45) is 5.92 Å². The maximum absolute atomic E-state index is 12.9. The molecule has 2 rings (SSSR count). The third-order valence-corrected chi connectivity index (χ3v) is 4.64. The third kappa shape index (κ3) is 5.01. The number of hydrogen-bond acceptors (Lipinski definition) is 2. The first kappa shape index (κ1) is 17.8. The Hall–Kier alpha value is -0.500. The van der Waals surface area contributed by atoms with Gasteiger partial charge in [0.05, 0.1) is 12.7 Å². The molecular formula is C16H21F3INO. The van der Waals surface area contributed by atoms with Crippen LogP contribution in [0.4, 0.5) is 13.2 Å². The Morgan fingerprint density at radius 2 is 1.91 bits per heavy atom. The molecule has 0 bridgehead atoms. The lowest BCUT2D eigenvalue weighted by molar-refractivity contribution is -0.137. The fourth-order valence-corrected chi connectivity index (χ4v) is 3.61. The van der Waals surface area contributed by atoms with Gasteiger partial charge in [0.2, 0.25) is 0 Å². The minimum Gasteiger partial charge on any atom is -0.497 e. The Kier molecular flexibility index (Phi) is 6.37. The summed E-state index contributed by atoms with van der Waals surface area (Å²) in [6.07, 6.45) is -1.53. The van der Waals surface area contributed by atoms with Crippen LogP contribution in [0.5, 0.6) is 5.75 Å². The molecule has 1 saturated heterocycles. The second-order valence-electron chi connectivity index (χ2n) is 5.75. The molecule has 22 heavy (non-hydrogen) atoms. The van der Waals surface area contributed by atoms with Crippen molar-refractivity contribution in [3.8, 4) is 5.75 Å². The highest BCUT2D eigenvalue weighted by molar-refractivity contribution is 14.1. The summed E-state index contributed by atoms with van der Waals surface area (Å²) in [5.74, 6) is 0.742. The summed E-state index contributed by atoms with van der Waals surface area (Å²) in [6.45, 7) is 3.19. The molecule has 1 heterocycles. The van der Waals surface area contributed by atoms with Crippen molar-refractivity contribution >= 4 is 22.6 Å². The molecule has 0 spiro atoms. The van der Waals surface area contributed by atoms with Gasteiger partial charge in [-0.15, -0.1) is 0 Å². The molecule has 1 aromatic rings. The van der Waals surface area contributed by atoms with Gasteiger partial charge in [-0.25, -0.2) is 0 Å². The van der Waals surface area contributed by atoms with Gasteiger partial charge in [-0.2, -0.15) is 13.2 Å². The monoisotopic (exact) mass is 427 g/mol. The zero-order valence-corrected chi connectivity index (χ0v) is 14.8. The quantitative estimate of drug-likeness (QED) is 0.510. The molecule has 0 atom stereocenters. The van der Waals surface area contributed by atoms with Crippen molar-refractivity contribution in [1.29, 1.82) is 0 Å². The van der Waals surface area contributed by atoms with E-state index in [1.54, 1.807) is 6.07 Å². The zero-order chi connectivity index (χ0) is 16.2. The molecule has 1 fully saturated rings. The predicted molar refractivity (Wildman–Crippen MR) is 89.8 cm³/mol. The summed E-state index contributed by atoms with van der Waals surface area (Å²) in [5, 5.41) is 0. The first-order chi connectivity index (χ1) is 10.4. The maximum Gasteiger partial charge on any atom is 0.416 e. The van der Waals surface area contributed by atoms with E-state index in [1.165, 1.54) is 13.2 Å².